The Labute approximate surface area is 81.7 Å². The molecule has 0 heterocycles. The molecule has 0 fully saturated rings. The summed E-state index contributed by atoms with van der Waals surface area (Å²) in [6.07, 6.45) is 2.26. The predicted octanol–water partition coefficient (Wildman–Crippen LogP) is 2.94. The second kappa shape index (κ2) is 4.45. The summed E-state index contributed by atoms with van der Waals surface area (Å²) < 4.78 is 0. The van der Waals surface area contributed by atoms with E-state index in [-0.39, 0.29) is 5.41 Å². The van der Waals surface area contributed by atoms with Gasteiger partial charge in [-0.05, 0) is 23.3 Å². The maximum atomic E-state index is 7.33. The fraction of sp³-hybridized carbons (Fsp3) is 0.727. The number of rotatable bonds is 3. The molecule has 0 aliphatic carbocycles. The lowest BCUT2D eigenvalue weighted by molar-refractivity contribution is 0.511. The third kappa shape index (κ3) is 4.11. The first-order chi connectivity index (χ1) is 5.79. The highest BCUT2D eigenvalue weighted by molar-refractivity contribution is 5.78. The van der Waals surface area contributed by atoms with E-state index in [9.17, 15) is 0 Å². The zero-order valence-electron chi connectivity index (χ0n) is 9.44. The van der Waals surface area contributed by atoms with Gasteiger partial charge in [0.15, 0.2) is 0 Å². The molecule has 0 rings (SSSR count). The van der Waals surface area contributed by atoms with Crippen molar-refractivity contribution in [2.45, 2.75) is 41.0 Å². The zero-order chi connectivity index (χ0) is 10.6. The largest absolute Gasteiger partial charge is 0.402 e. The van der Waals surface area contributed by atoms with Crippen LogP contribution in [0.2, 0.25) is 0 Å². The number of hydrogen-bond donors (Lipinski definition) is 2. The molecule has 0 saturated carbocycles. The Hall–Kier alpha value is -0.790. The van der Waals surface area contributed by atoms with Gasteiger partial charge < -0.3 is 11.1 Å². The van der Waals surface area contributed by atoms with Gasteiger partial charge in [-0.25, -0.2) is 0 Å². The van der Waals surface area contributed by atoms with E-state index in [1.54, 1.807) is 0 Å². The summed E-state index contributed by atoms with van der Waals surface area (Å²) in [4.78, 5) is 0. The first-order valence-corrected chi connectivity index (χ1v) is 4.78. The van der Waals surface area contributed by atoms with E-state index in [4.69, 9.17) is 11.1 Å². The van der Waals surface area contributed by atoms with Gasteiger partial charge in [0.05, 0.1) is 0 Å². The van der Waals surface area contributed by atoms with E-state index in [1.165, 1.54) is 6.21 Å². The van der Waals surface area contributed by atoms with Gasteiger partial charge in [0.2, 0.25) is 0 Å². The number of hydrogen-bond acceptors (Lipinski definition) is 2. The van der Waals surface area contributed by atoms with Crippen molar-refractivity contribution >= 4 is 6.21 Å². The molecule has 0 atom stereocenters. The summed E-state index contributed by atoms with van der Waals surface area (Å²) in [5, 5.41) is 7.33. The van der Waals surface area contributed by atoms with Crippen LogP contribution in [-0.4, -0.2) is 6.21 Å². The second-order valence-corrected chi connectivity index (χ2v) is 4.93. The van der Waals surface area contributed by atoms with E-state index >= 15 is 0 Å². The van der Waals surface area contributed by atoms with E-state index < -0.39 is 0 Å². The van der Waals surface area contributed by atoms with Crippen LogP contribution >= 0.6 is 0 Å². The second-order valence-electron chi connectivity index (χ2n) is 4.93. The van der Waals surface area contributed by atoms with Gasteiger partial charge in [0.1, 0.15) is 0 Å². The summed E-state index contributed by atoms with van der Waals surface area (Å²) in [7, 11) is 0. The minimum Gasteiger partial charge on any atom is -0.402 e. The lowest BCUT2D eigenvalue weighted by atomic mass is 9.84. The van der Waals surface area contributed by atoms with Crippen LogP contribution in [0.1, 0.15) is 41.0 Å². The smallest absolute Gasteiger partial charge is 0.0232 e. The Kier molecular flexibility index (Phi) is 4.18. The number of nitrogens with two attached hydrogens (primary N) is 1. The number of nitrogens with one attached hydrogen (secondary N) is 1. The fourth-order valence-electron chi connectivity index (χ4n) is 1.34. The van der Waals surface area contributed by atoms with Crippen LogP contribution < -0.4 is 5.73 Å². The normalized spacial score (nSPS) is 14.3. The fourth-order valence-corrected chi connectivity index (χ4v) is 1.34. The van der Waals surface area contributed by atoms with Crippen molar-refractivity contribution in [1.82, 2.24) is 0 Å². The van der Waals surface area contributed by atoms with Crippen molar-refractivity contribution in [3.05, 3.63) is 11.3 Å². The maximum absolute atomic E-state index is 7.33. The Bertz CT molecular complexity index is 207. The maximum Gasteiger partial charge on any atom is 0.0232 e. The molecule has 13 heavy (non-hydrogen) atoms. The first kappa shape index (κ1) is 12.2. The molecule has 3 N–H and O–H groups in total. The van der Waals surface area contributed by atoms with Crippen LogP contribution in [0.25, 0.3) is 0 Å². The molecular weight excluding hydrogens is 160 g/mol. The van der Waals surface area contributed by atoms with Gasteiger partial charge in [0, 0.05) is 11.9 Å². The lowest BCUT2D eigenvalue weighted by Gasteiger charge is -2.22. The molecular formula is C11H22N2. The van der Waals surface area contributed by atoms with Crippen molar-refractivity contribution in [2.75, 3.05) is 0 Å². The third-order valence-electron chi connectivity index (χ3n) is 1.93. The molecule has 0 spiro atoms. The lowest BCUT2D eigenvalue weighted by Crippen LogP contribution is -2.18. The van der Waals surface area contributed by atoms with Gasteiger partial charge in [-0.2, -0.15) is 0 Å². The van der Waals surface area contributed by atoms with Crippen LogP contribution in [0.15, 0.2) is 11.3 Å². The average Bonchev–Trinajstić information content (AvgIpc) is 1.82. The molecule has 2 nitrogen and oxygen atoms in total. The van der Waals surface area contributed by atoms with E-state index in [1.807, 2.05) is 0 Å². The molecule has 0 unspecified atom stereocenters. The van der Waals surface area contributed by atoms with Crippen molar-refractivity contribution in [3.63, 3.8) is 0 Å². The molecule has 76 valence electrons. The molecule has 0 radical (unpaired) electrons. The van der Waals surface area contributed by atoms with E-state index in [2.05, 4.69) is 34.6 Å². The molecule has 0 amide bonds. The number of allylic oxidation sites excluding steroid dienone is 2. The summed E-state index contributed by atoms with van der Waals surface area (Å²) in [5.41, 5.74) is 7.75. The summed E-state index contributed by atoms with van der Waals surface area (Å²) in [6, 6.07) is 0. The highest BCUT2D eigenvalue weighted by atomic mass is 14.6. The van der Waals surface area contributed by atoms with Crippen molar-refractivity contribution in [2.24, 2.45) is 17.1 Å². The Morgan fingerprint density at radius 1 is 1.38 bits per heavy atom. The van der Waals surface area contributed by atoms with Gasteiger partial charge in [-0.3, -0.25) is 0 Å². The van der Waals surface area contributed by atoms with Crippen molar-refractivity contribution < 1.29 is 0 Å². The van der Waals surface area contributed by atoms with Gasteiger partial charge in [0.25, 0.3) is 0 Å². The molecule has 0 aromatic carbocycles. The van der Waals surface area contributed by atoms with Crippen LogP contribution in [0, 0.1) is 16.7 Å². The highest BCUT2D eigenvalue weighted by Crippen LogP contribution is 2.26. The van der Waals surface area contributed by atoms with Crippen LogP contribution in [-0.2, 0) is 0 Å². The summed E-state index contributed by atoms with van der Waals surface area (Å²) >= 11 is 0. The molecule has 0 saturated heterocycles. The topological polar surface area (TPSA) is 49.9 Å². The van der Waals surface area contributed by atoms with Gasteiger partial charge >= 0.3 is 0 Å². The zero-order valence-corrected chi connectivity index (χ0v) is 9.44. The average molecular weight is 182 g/mol. The van der Waals surface area contributed by atoms with Crippen LogP contribution in [0.5, 0.6) is 0 Å². The molecule has 0 aliphatic rings. The third-order valence-corrected chi connectivity index (χ3v) is 1.93. The van der Waals surface area contributed by atoms with E-state index in [0.717, 1.165) is 17.7 Å². The molecule has 0 bridgehead atoms. The Morgan fingerprint density at radius 3 is 2.08 bits per heavy atom. The molecule has 0 aromatic heterocycles. The predicted molar refractivity (Wildman–Crippen MR) is 58.9 cm³/mol. The SMILES string of the molecule is CC(C)C/C(N)=C(/C=N)C(C)(C)C. The Morgan fingerprint density at radius 2 is 1.85 bits per heavy atom. The molecule has 0 aliphatic heterocycles. The summed E-state index contributed by atoms with van der Waals surface area (Å²) in [6.45, 7) is 10.5. The monoisotopic (exact) mass is 182 g/mol. The standard InChI is InChI=1S/C11H22N2/c1-8(2)6-10(13)9(7-12)11(3,4)5/h7-8,12H,6,13H2,1-5H3/b10-9+,12-7?. The molecule has 2 heteroatoms. The first-order valence-electron chi connectivity index (χ1n) is 4.78. The minimum atomic E-state index is -0.0132. The van der Waals surface area contributed by atoms with Crippen LogP contribution in [0.3, 0.4) is 0 Å². The van der Waals surface area contributed by atoms with Crippen molar-refractivity contribution in [3.8, 4) is 0 Å². The van der Waals surface area contributed by atoms with Crippen molar-refractivity contribution in [1.29, 1.82) is 5.41 Å². The quantitative estimate of drug-likeness (QED) is 0.648. The summed E-state index contributed by atoms with van der Waals surface area (Å²) in [5.74, 6) is 0.553. The van der Waals surface area contributed by atoms with Gasteiger partial charge in [-0.15, -0.1) is 0 Å². The molecule has 0 aromatic rings. The highest BCUT2D eigenvalue weighted by Gasteiger charge is 2.18. The van der Waals surface area contributed by atoms with Gasteiger partial charge in [-0.1, -0.05) is 34.6 Å². The Balaban J connectivity index is 4.80. The van der Waals surface area contributed by atoms with Crippen LogP contribution in [0.4, 0.5) is 0 Å². The minimum absolute atomic E-state index is 0.0132. The van der Waals surface area contributed by atoms with E-state index in [0.29, 0.717) is 5.92 Å².